The minimum absolute atomic E-state index is 0.211. The number of hydrogen-bond acceptors (Lipinski definition) is 2. The van der Waals surface area contributed by atoms with Crippen LogP contribution in [0.5, 0.6) is 0 Å². The van der Waals surface area contributed by atoms with Crippen molar-refractivity contribution in [3.05, 3.63) is 34.9 Å². The standard InChI is InChI=1S/C16H19NO3/c18-15(6-3-11-1-2-11)17-8-7-12-4-5-13(16(19)20)9-14(12)10-17/h4-5,9,11H,1-3,6-8,10H2,(H,19,20). The van der Waals surface area contributed by atoms with E-state index in [1.54, 1.807) is 12.1 Å². The zero-order valence-corrected chi connectivity index (χ0v) is 11.5. The van der Waals surface area contributed by atoms with Gasteiger partial charge in [0.25, 0.3) is 0 Å². The third-order valence-electron chi connectivity index (χ3n) is 4.28. The minimum Gasteiger partial charge on any atom is -0.478 e. The Hall–Kier alpha value is -1.84. The van der Waals surface area contributed by atoms with Gasteiger partial charge >= 0.3 is 5.97 Å². The predicted octanol–water partition coefficient (Wildman–Crippen LogP) is 2.46. The molecule has 0 atom stereocenters. The second-order valence-corrected chi connectivity index (χ2v) is 5.84. The molecule has 2 aliphatic rings. The molecule has 0 unspecified atom stereocenters. The Kier molecular flexibility index (Phi) is 3.47. The van der Waals surface area contributed by atoms with Crippen LogP contribution >= 0.6 is 0 Å². The number of carbonyl (C=O) groups is 2. The molecule has 1 heterocycles. The lowest BCUT2D eigenvalue weighted by Crippen LogP contribution is -2.36. The molecule has 3 rings (SSSR count). The van der Waals surface area contributed by atoms with Crippen molar-refractivity contribution in [3.63, 3.8) is 0 Å². The van der Waals surface area contributed by atoms with Crippen molar-refractivity contribution < 1.29 is 14.7 Å². The molecule has 1 aliphatic carbocycles. The molecule has 0 radical (unpaired) electrons. The summed E-state index contributed by atoms with van der Waals surface area (Å²) in [5, 5.41) is 9.03. The Morgan fingerprint density at radius 2 is 2.05 bits per heavy atom. The number of carboxylic acid groups (broad SMARTS) is 1. The Bertz CT molecular complexity index is 549. The number of rotatable bonds is 4. The van der Waals surface area contributed by atoms with Crippen LogP contribution in [-0.4, -0.2) is 28.4 Å². The molecule has 1 aliphatic heterocycles. The summed E-state index contributed by atoms with van der Waals surface area (Å²) in [7, 11) is 0. The van der Waals surface area contributed by atoms with E-state index in [9.17, 15) is 9.59 Å². The van der Waals surface area contributed by atoms with Crippen molar-refractivity contribution in [2.75, 3.05) is 6.54 Å². The molecule has 106 valence electrons. The van der Waals surface area contributed by atoms with Gasteiger partial charge in [-0.05, 0) is 42.0 Å². The molecule has 4 heteroatoms. The Labute approximate surface area is 118 Å². The molecule has 4 nitrogen and oxygen atoms in total. The minimum atomic E-state index is -0.912. The average molecular weight is 273 g/mol. The number of nitrogens with zero attached hydrogens (tertiary/aromatic N) is 1. The molecular formula is C16H19NO3. The monoisotopic (exact) mass is 273 g/mol. The van der Waals surface area contributed by atoms with E-state index in [1.807, 2.05) is 11.0 Å². The molecule has 1 saturated carbocycles. The fraction of sp³-hybridized carbons (Fsp3) is 0.500. The van der Waals surface area contributed by atoms with Crippen LogP contribution in [0.1, 0.15) is 47.2 Å². The van der Waals surface area contributed by atoms with Crippen molar-refractivity contribution in [2.45, 2.75) is 38.6 Å². The SMILES string of the molecule is O=C(O)c1ccc2c(c1)CN(C(=O)CCC1CC1)CC2. The van der Waals surface area contributed by atoms with Gasteiger partial charge in [0.05, 0.1) is 5.56 Å². The van der Waals surface area contributed by atoms with Gasteiger partial charge in [-0.15, -0.1) is 0 Å². The van der Waals surface area contributed by atoms with Crippen LogP contribution in [0.15, 0.2) is 18.2 Å². The third-order valence-corrected chi connectivity index (χ3v) is 4.28. The van der Waals surface area contributed by atoms with Gasteiger partial charge in [0.2, 0.25) is 5.91 Å². The van der Waals surface area contributed by atoms with Crippen LogP contribution in [0, 0.1) is 5.92 Å². The number of hydrogen-bond donors (Lipinski definition) is 1. The first-order chi connectivity index (χ1) is 9.63. The Morgan fingerprint density at radius 1 is 1.25 bits per heavy atom. The van der Waals surface area contributed by atoms with Crippen molar-refractivity contribution in [3.8, 4) is 0 Å². The summed E-state index contributed by atoms with van der Waals surface area (Å²) in [6.45, 7) is 1.31. The molecule has 0 spiro atoms. The van der Waals surface area contributed by atoms with E-state index in [4.69, 9.17) is 5.11 Å². The smallest absolute Gasteiger partial charge is 0.335 e. The van der Waals surface area contributed by atoms with Gasteiger partial charge in [-0.25, -0.2) is 4.79 Å². The first kappa shape index (κ1) is 13.2. The third kappa shape index (κ3) is 2.84. The summed E-state index contributed by atoms with van der Waals surface area (Å²) in [5.74, 6) is 0.0721. The highest BCUT2D eigenvalue weighted by atomic mass is 16.4. The van der Waals surface area contributed by atoms with Crippen LogP contribution in [0.4, 0.5) is 0 Å². The highest BCUT2D eigenvalue weighted by Gasteiger charge is 2.25. The van der Waals surface area contributed by atoms with E-state index in [-0.39, 0.29) is 5.91 Å². The lowest BCUT2D eigenvalue weighted by atomic mass is 9.97. The molecule has 1 fully saturated rings. The maximum atomic E-state index is 12.2. The number of benzene rings is 1. The second-order valence-electron chi connectivity index (χ2n) is 5.84. The lowest BCUT2D eigenvalue weighted by molar-refractivity contribution is -0.132. The number of fused-ring (bicyclic) bond motifs is 1. The molecule has 0 saturated heterocycles. The zero-order chi connectivity index (χ0) is 14.1. The van der Waals surface area contributed by atoms with E-state index in [0.29, 0.717) is 18.5 Å². The number of carbonyl (C=O) groups excluding carboxylic acids is 1. The van der Waals surface area contributed by atoms with Crippen molar-refractivity contribution in [1.82, 2.24) is 4.90 Å². The Balaban J connectivity index is 1.67. The van der Waals surface area contributed by atoms with Crippen LogP contribution in [0.2, 0.25) is 0 Å². The van der Waals surface area contributed by atoms with Gasteiger partial charge in [-0.3, -0.25) is 4.79 Å². The fourth-order valence-corrected chi connectivity index (χ4v) is 2.80. The first-order valence-corrected chi connectivity index (χ1v) is 7.26. The molecule has 0 bridgehead atoms. The van der Waals surface area contributed by atoms with E-state index in [2.05, 4.69) is 0 Å². The van der Waals surface area contributed by atoms with Crippen molar-refractivity contribution in [2.24, 2.45) is 5.92 Å². The van der Waals surface area contributed by atoms with Crippen LogP contribution in [-0.2, 0) is 17.8 Å². The van der Waals surface area contributed by atoms with E-state index < -0.39 is 5.97 Å². The quantitative estimate of drug-likeness (QED) is 0.916. The molecular weight excluding hydrogens is 254 g/mol. The van der Waals surface area contributed by atoms with Gasteiger partial charge < -0.3 is 10.0 Å². The van der Waals surface area contributed by atoms with Gasteiger partial charge in [0, 0.05) is 19.5 Å². The van der Waals surface area contributed by atoms with Crippen molar-refractivity contribution in [1.29, 1.82) is 0 Å². The van der Waals surface area contributed by atoms with Gasteiger partial charge in [-0.2, -0.15) is 0 Å². The number of carboxylic acids is 1. The van der Waals surface area contributed by atoms with Crippen LogP contribution < -0.4 is 0 Å². The van der Waals surface area contributed by atoms with E-state index in [0.717, 1.165) is 30.9 Å². The average Bonchev–Trinajstić information content (AvgIpc) is 3.27. The lowest BCUT2D eigenvalue weighted by Gasteiger charge is -2.29. The summed E-state index contributed by atoms with van der Waals surface area (Å²) in [6, 6.07) is 5.23. The van der Waals surface area contributed by atoms with Gasteiger partial charge in [0.15, 0.2) is 0 Å². The highest BCUT2D eigenvalue weighted by molar-refractivity contribution is 5.88. The Morgan fingerprint density at radius 3 is 2.75 bits per heavy atom. The molecule has 1 N–H and O–H groups in total. The van der Waals surface area contributed by atoms with E-state index in [1.165, 1.54) is 18.4 Å². The summed E-state index contributed by atoms with van der Waals surface area (Å²) in [5.41, 5.74) is 2.45. The largest absolute Gasteiger partial charge is 0.478 e. The van der Waals surface area contributed by atoms with Gasteiger partial charge in [-0.1, -0.05) is 18.9 Å². The number of aromatic carboxylic acids is 1. The van der Waals surface area contributed by atoms with Crippen LogP contribution in [0.25, 0.3) is 0 Å². The second kappa shape index (κ2) is 5.27. The topological polar surface area (TPSA) is 57.6 Å². The summed E-state index contributed by atoms with van der Waals surface area (Å²) < 4.78 is 0. The highest BCUT2D eigenvalue weighted by Crippen LogP contribution is 2.33. The van der Waals surface area contributed by atoms with E-state index >= 15 is 0 Å². The molecule has 1 aromatic rings. The van der Waals surface area contributed by atoms with Gasteiger partial charge in [0.1, 0.15) is 0 Å². The fourth-order valence-electron chi connectivity index (χ4n) is 2.80. The molecule has 0 aromatic heterocycles. The molecule has 1 aromatic carbocycles. The van der Waals surface area contributed by atoms with Crippen LogP contribution in [0.3, 0.4) is 0 Å². The molecule has 1 amide bonds. The maximum Gasteiger partial charge on any atom is 0.335 e. The summed E-state index contributed by atoms with van der Waals surface area (Å²) in [4.78, 5) is 25.0. The maximum absolute atomic E-state index is 12.2. The number of amides is 1. The first-order valence-electron chi connectivity index (χ1n) is 7.26. The zero-order valence-electron chi connectivity index (χ0n) is 11.5. The predicted molar refractivity (Wildman–Crippen MR) is 74.5 cm³/mol. The molecule has 20 heavy (non-hydrogen) atoms. The summed E-state index contributed by atoms with van der Waals surface area (Å²) in [6.07, 6.45) is 5.02. The normalized spacial score (nSPS) is 17.7. The van der Waals surface area contributed by atoms with Crippen molar-refractivity contribution >= 4 is 11.9 Å². The summed E-state index contributed by atoms with van der Waals surface area (Å²) >= 11 is 0.